The van der Waals surface area contributed by atoms with Crippen molar-refractivity contribution in [3.63, 3.8) is 0 Å². The molecule has 1 aliphatic carbocycles. The van der Waals surface area contributed by atoms with Crippen LogP contribution in [0.1, 0.15) is 44.0 Å². The second-order valence-electron chi connectivity index (χ2n) is 8.80. The molecular weight excluding hydrogens is 414 g/mol. The summed E-state index contributed by atoms with van der Waals surface area (Å²) >= 11 is 1.64. The molecule has 0 saturated carbocycles. The lowest BCUT2D eigenvalue weighted by molar-refractivity contribution is -0.122. The fourth-order valence-corrected chi connectivity index (χ4v) is 5.23. The van der Waals surface area contributed by atoms with Gasteiger partial charge in [-0.1, -0.05) is 32.1 Å². The summed E-state index contributed by atoms with van der Waals surface area (Å²) in [5, 5.41) is 17.7. The minimum absolute atomic E-state index is 0.218. The number of carboxylic acid groups (broad SMARTS) is 1. The first kappa shape index (κ1) is 23.0. The van der Waals surface area contributed by atoms with Crippen molar-refractivity contribution in [3.05, 3.63) is 23.0 Å². The Morgan fingerprint density at radius 1 is 1.39 bits per heavy atom. The highest BCUT2D eigenvalue weighted by Crippen LogP contribution is 2.44. The summed E-state index contributed by atoms with van der Waals surface area (Å²) in [6, 6.07) is 2.31. The zero-order valence-corrected chi connectivity index (χ0v) is 19.0. The number of nitriles is 1. The predicted octanol–water partition coefficient (Wildman–Crippen LogP) is 3.35. The number of pyridine rings is 1. The Bertz CT molecular complexity index is 971. The molecule has 0 bridgehead atoms. The van der Waals surface area contributed by atoms with Gasteiger partial charge in [0.15, 0.2) is 5.13 Å². The molecule has 166 valence electrons. The first-order chi connectivity index (χ1) is 14.8. The van der Waals surface area contributed by atoms with Crippen molar-refractivity contribution in [2.75, 3.05) is 36.9 Å². The van der Waals surface area contributed by atoms with E-state index in [2.05, 4.69) is 41.7 Å². The Balaban J connectivity index is 0.000000858. The van der Waals surface area contributed by atoms with Gasteiger partial charge in [-0.15, -0.1) is 0 Å². The molecule has 9 heteroatoms. The molecule has 0 amide bonds. The van der Waals surface area contributed by atoms with Crippen LogP contribution in [-0.2, 0) is 22.4 Å². The molecule has 1 aliphatic heterocycles. The normalized spacial score (nSPS) is 18.4. The second kappa shape index (κ2) is 9.62. The molecule has 0 aromatic carbocycles. The minimum Gasteiger partial charge on any atom is -0.483 e. The summed E-state index contributed by atoms with van der Waals surface area (Å²) in [6.07, 6.45) is 4.85. The summed E-state index contributed by atoms with van der Waals surface area (Å²) < 4.78 is 5.45. The standard InChI is InChI=1S/C21H27N5OS.CH2O2/c1-21(2,3)13-4-5-16-14(10-13)18(15(11-22)19(23)25-16)17-12-24-20(28-17)26-6-8-27-9-7-26;2-1-3/h12-13H,4-10H2,1-3H3,(H2,23,25);1H,(H,2,3). The Kier molecular flexibility index (Phi) is 7.13. The maximum Gasteiger partial charge on any atom is 0.290 e. The van der Waals surface area contributed by atoms with E-state index in [0.29, 0.717) is 17.3 Å². The van der Waals surface area contributed by atoms with E-state index < -0.39 is 0 Å². The molecule has 4 rings (SSSR count). The quantitative estimate of drug-likeness (QED) is 0.677. The van der Waals surface area contributed by atoms with Gasteiger partial charge in [-0.2, -0.15) is 5.26 Å². The average molecular weight is 444 g/mol. The van der Waals surface area contributed by atoms with Crippen LogP contribution in [0.15, 0.2) is 6.20 Å². The number of ether oxygens (including phenoxy) is 1. The monoisotopic (exact) mass is 443 g/mol. The van der Waals surface area contributed by atoms with Crippen LogP contribution in [-0.4, -0.2) is 47.8 Å². The average Bonchev–Trinajstić information content (AvgIpc) is 3.23. The molecule has 1 atom stereocenters. The smallest absolute Gasteiger partial charge is 0.290 e. The summed E-state index contributed by atoms with van der Waals surface area (Å²) in [7, 11) is 0. The largest absolute Gasteiger partial charge is 0.483 e. The van der Waals surface area contributed by atoms with Crippen LogP contribution in [0, 0.1) is 22.7 Å². The molecule has 2 aromatic rings. The number of hydrogen-bond donors (Lipinski definition) is 2. The van der Waals surface area contributed by atoms with Crippen LogP contribution in [0.2, 0.25) is 0 Å². The zero-order chi connectivity index (χ0) is 22.6. The van der Waals surface area contributed by atoms with Crippen molar-refractivity contribution in [1.82, 2.24) is 9.97 Å². The number of fused-ring (bicyclic) bond motifs is 1. The molecule has 3 heterocycles. The summed E-state index contributed by atoms with van der Waals surface area (Å²) in [4.78, 5) is 20.9. The van der Waals surface area contributed by atoms with Crippen LogP contribution in [0.4, 0.5) is 10.9 Å². The van der Waals surface area contributed by atoms with E-state index in [4.69, 9.17) is 20.4 Å². The highest BCUT2D eigenvalue weighted by atomic mass is 32.1. The number of carbonyl (C=O) groups is 1. The van der Waals surface area contributed by atoms with Crippen molar-refractivity contribution < 1.29 is 14.6 Å². The number of rotatable bonds is 2. The molecule has 3 N–H and O–H groups in total. The van der Waals surface area contributed by atoms with E-state index in [0.717, 1.165) is 66.8 Å². The topological polar surface area (TPSA) is 125 Å². The van der Waals surface area contributed by atoms with E-state index in [1.807, 2.05) is 6.20 Å². The third-order valence-electron chi connectivity index (χ3n) is 5.95. The first-order valence-electron chi connectivity index (χ1n) is 10.4. The second-order valence-corrected chi connectivity index (χ2v) is 9.81. The van der Waals surface area contributed by atoms with Crippen LogP contribution in [0.5, 0.6) is 0 Å². The number of nitrogen functional groups attached to an aromatic ring is 1. The Labute approximate surface area is 186 Å². The molecule has 1 fully saturated rings. The lowest BCUT2D eigenvalue weighted by Gasteiger charge is -2.35. The zero-order valence-electron chi connectivity index (χ0n) is 18.2. The molecule has 0 radical (unpaired) electrons. The van der Waals surface area contributed by atoms with Gasteiger partial charge in [0.05, 0.1) is 18.1 Å². The van der Waals surface area contributed by atoms with Gasteiger partial charge < -0.3 is 20.5 Å². The fraction of sp³-hybridized carbons (Fsp3) is 0.545. The molecule has 8 nitrogen and oxygen atoms in total. The molecule has 2 aromatic heterocycles. The lowest BCUT2D eigenvalue weighted by Crippen LogP contribution is -2.36. The van der Waals surface area contributed by atoms with E-state index in [9.17, 15) is 5.26 Å². The van der Waals surface area contributed by atoms with Gasteiger partial charge in [0.25, 0.3) is 6.47 Å². The van der Waals surface area contributed by atoms with Gasteiger partial charge in [0.2, 0.25) is 0 Å². The highest BCUT2D eigenvalue weighted by molar-refractivity contribution is 7.19. The van der Waals surface area contributed by atoms with Crippen molar-refractivity contribution in [1.29, 1.82) is 5.26 Å². The Hall–Kier alpha value is -2.70. The molecule has 1 saturated heterocycles. The van der Waals surface area contributed by atoms with Crippen LogP contribution in [0.25, 0.3) is 10.4 Å². The maximum absolute atomic E-state index is 9.83. The maximum atomic E-state index is 9.83. The van der Waals surface area contributed by atoms with Crippen molar-refractivity contribution >= 4 is 28.8 Å². The third-order valence-corrected chi connectivity index (χ3v) is 7.03. The number of aryl methyl sites for hydroxylation is 1. The van der Waals surface area contributed by atoms with E-state index in [1.54, 1.807) is 11.3 Å². The van der Waals surface area contributed by atoms with E-state index in [-0.39, 0.29) is 11.9 Å². The van der Waals surface area contributed by atoms with Crippen molar-refractivity contribution in [3.8, 4) is 16.5 Å². The SMILES string of the molecule is CC(C)(C)C1CCc2nc(N)c(C#N)c(-c3cnc(N4CCOCC4)s3)c2C1.O=CO. The van der Waals surface area contributed by atoms with Gasteiger partial charge in [-0.05, 0) is 36.2 Å². The van der Waals surface area contributed by atoms with Crippen LogP contribution >= 0.6 is 11.3 Å². The summed E-state index contributed by atoms with van der Waals surface area (Å²) in [5.41, 5.74) is 10.1. The highest BCUT2D eigenvalue weighted by Gasteiger charge is 2.33. The summed E-state index contributed by atoms with van der Waals surface area (Å²) in [5.74, 6) is 0.897. The van der Waals surface area contributed by atoms with Gasteiger partial charge in [-0.3, -0.25) is 4.79 Å². The van der Waals surface area contributed by atoms with Gasteiger partial charge in [0, 0.05) is 30.5 Å². The first-order valence-corrected chi connectivity index (χ1v) is 11.2. The lowest BCUT2D eigenvalue weighted by atomic mass is 9.70. The predicted molar refractivity (Wildman–Crippen MR) is 121 cm³/mol. The number of anilines is 2. The van der Waals surface area contributed by atoms with Gasteiger partial charge in [0.1, 0.15) is 17.5 Å². The van der Waals surface area contributed by atoms with Crippen LogP contribution < -0.4 is 10.6 Å². The summed E-state index contributed by atoms with van der Waals surface area (Å²) in [6.45, 7) is 9.78. The number of nitrogens with zero attached hydrogens (tertiary/aromatic N) is 4. The molecule has 1 unspecified atom stereocenters. The van der Waals surface area contributed by atoms with Gasteiger partial charge >= 0.3 is 0 Å². The number of hydrogen-bond acceptors (Lipinski definition) is 8. The van der Waals surface area contributed by atoms with E-state index in [1.165, 1.54) is 5.56 Å². The number of nitrogens with two attached hydrogens (primary N) is 1. The van der Waals surface area contributed by atoms with Crippen molar-refractivity contribution in [2.24, 2.45) is 11.3 Å². The molecule has 31 heavy (non-hydrogen) atoms. The third kappa shape index (κ3) is 4.97. The molecule has 0 spiro atoms. The Morgan fingerprint density at radius 2 is 2.06 bits per heavy atom. The van der Waals surface area contributed by atoms with Crippen LogP contribution in [0.3, 0.4) is 0 Å². The van der Waals surface area contributed by atoms with Gasteiger partial charge in [-0.25, -0.2) is 9.97 Å². The number of aromatic nitrogens is 2. The number of thiazole rings is 1. The van der Waals surface area contributed by atoms with Crippen molar-refractivity contribution in [2.45, 2.75) is 40.0 Å². The Morgan fingerprint density at radius 3 is 2.68 bits per heavy atom. The fourth-order valence-electron chi connectivity index (χ4n) is 4.18. The van der Waals surface area contributed by atoms with E-state index >= 15 is 0 Å². The molecular formula is C22H29N5O3S. The number of morpholine rings is 1. The molecule has 2 aliphatic rings. The minimum atomic E-state index is -0.250.